The van der Waals surface area contributed by atoms with Crippen LogP contribution in [0.25, 0.3) is 0 Å². The second-order valence-corrected chi connectivity index (χ2v) is 6.30. The molecule has 3 N–H and O–H groups in total. The number of ether oxygens (including phenoxy) is 1. The van der Waals surface area contributed by atoms with E-state index in [0.717, 1.165) is 0 Å². The van der Waals surface area contributed by atoms with Crippen LogP contribution in [0.15, 0.2) is 47.1 Å². The van der Waals surface area contributed by atoms with Crippen LogP contribution in [0.1, 0.15) is 36.4 Å². The van der Waals surface area contributed by atoms with E-state index >= 15 is 0 Å². The van der Waals surface area contributed by atoms with Crippen LogP contribution in [0.5, 0.6) is 5.75 Å². The average Bonchev–Trinajstić information content (AvgIpc) is 3.15. The maximum atomic E-state index is 12.6. The van der Waals surface area contributed by atoms with E-state index in [9.17, 15) is 19.5 Å². The predicted octanol–water partition coefficient (Wildman–Crippen LogP) is 1.91. The molecule has 0 spiro atoms. The van der Waals surface area contributed by atoms with Crippen LogP contribution in [0.4, 0.5) is 0 Å². The first-order valence-electron chi connectivity index (χ1n) is 8.28. The van der Waals surface area contributed by atoms with Crippen molar-refractivity contribution in [3.8, 4) is 5.75 Å². The smallest absolute Gasteiger partial charge is 0.306 e. The van der Waals surface area contributed by atoms with Gasteiger partial charge in [-0.25, -0.2) is 0 Å². The summed E-state index contributed by atoms with van der Waals surface area (Å²) in [4.78, 5) is 36.0. The Morgan fingerprint density at radius 2 is 2.00 bits per heavy atom. The van der Waals surface area contributed by atoms with E-state index in [-0.39, 0.29) is 12.2 Å². The molecule has 8 nitrogen and oxygen atoms in total. The first kappa shape index (κ1) is 20.0. The number of hydrogen-bond acceptors (Lipinski definition) is 5. The van der Waals surface area contributed by atoms with Crippen molar-refractivity contribution in [3.63, 3.8) is 0 Å². The lowest BCUT2D eigenvalue weighted by molar-refractivity contribution is -0.139. The molecule has 8 heteroatoms. The number of benzene rings is 1. The Labute approximate surface area is 156 Å². The van der Waals surface area contributed by atoms with Gasteiger partial charge >= 0.3 is 5.97 Å². The Kier molecular flexibility index (Phi) is 6.23. The first-order chi connectivity index (χ1) is 12.7. The lowest BCUT2D eigenvalue weighted by Crippen LogP contribution is -2.52. The predicted molar refractivity (Wildman–Crippen MR) is 96.4 cm³/mol. The molecule has 0 aliphatic heterocycles. The number of nitrogens with one attached hydrogen (secondary N) is 2. The van der Waals surface area contributed by atoms with Gasteiger partial charge in [-0.05, 0) is 43.7 Å². The third-order valence-corrected chi connectivity index (χ3v) is 4.10. The summed E-state index contributed by atoms with van der Waals surface area (Å²) in [5.74, 6) is -1.52. The third-order valence-electron chi connectivity index (χ3n) is 4.10. The monoisotopic (exact) mass is 374 g/mol. The summed E-state index contributed by atoms with van der Waals surface area (Å²) >= 11 is 0. The second-order valence-electron chi connectivity index (χ2n) is 6.30. The molecule has 2 rings (SSSR count). The summed E-state index contributed by atoms with van der Waals surface area (Å²) in [6, 6.07) is 8.94. The van der Waals surface area contributed by atoms with Gasteiger partial charge in [0.05, 0.1) is 25.3 Å². The highest BCUT2D eigenvalue weighted by molar-refractivity contribution is 5.95. The molecule has 2 amide bonds. The van der Waals surface area contributed by atoms with Gasteiger partial charge in [-0.15, -0.1) is 0 Å². The highest BCUT2D eigenvalue weighted by atomic mass is 16.5. The van der Waals surface area contributed by atoms with Gasteiger partial charge in [-0.2, -0.15) is 0 Å². The fourth-order valence-corrected chi connectivity index (χ4v) is 2.61. The van der Waals surface area contributed by atoms with Gasteiger partial charge in [0.2, 0.25) is 5.91 Å². The molecule has 0 aliphatic rings. The minimum atomic E-state index is -1.19. The number of carbonyl (C=O) groups is 3. The number of carboxylic acid groups (broad SMARTS) is 1. The molecule has 0 radical (unpaired) electrons. The molecular weight excluding hydrogens is 352 g/mol. The van der Waals surface area contributed by atoms with Gasteiger partial charge in [-0.1, -0.05) is 12.1 Å². The SMILES string of the molecule is COc1cccc(C(C)(CC(=O)O)NC(=O)C(C)NC(=O)c2ccco2)c1. The van der Waals surface area contributed by atoms with Gasteiger partial charge in [0, 0.05) is 0 Å². The lowest BCUT2D eigenvalue weighted by Gasteiger charge is -2.31. The molecule has 0 saturated carbocycles. The van der Waals surface area contributed by atoms with E-state index < -0.39 is 29.4 Å². The normalized spacial score (nSPS) is 13.9. The fourth-order valence-electron chi connectivity index (χ4n) is 2.61. The van der Waals surface area contributed by atoms with E-state index in [2.05, 4.69) is 10.6 Å². The Hall–Kier alpha value is -3.29. The summed E-state index contributed by atoms with van der Waals surface area (Å²) in [7, 11) is 1.50. The average molecular weight is 374 g/mol. The second kappa shape index (κ2) is 8.39. The zero-order valence-corrected chi connectivity index (χ0v) is 15.3. The van der Waals surface area contributed by atoms with Crippen molar-refractivity contribution in [1.29, 1.82) is 0 Å². The maximum Gasteiger partial charge on any atom is 0.306 e. The first-order valence-corrected chi connectivity index (χ1v) is 8.28. The summed E-state index contributed by atoms with van der Waals surface area (Å²) < 4.78 is 10.2. The number of carbonyl (C=O) groups excluding carboxylic acids is 2. The van der Waals surface area contributed by atoms with Crippen molar-refractivity contribution in [3.05, 3.63) is 54.0 Å². The summed E-state index contributed by atoms with van der Waals surface area (Å²) in [6.45, 7) is 3.11. The van der Waals surface area contributed by atoms with Gasteiger partial charge in [-0.3, -0.25) is 14.4 Å². The molecule has 0 aliphatic carbocycles. The standard InChI is InChI=1S/C19H22N2O6/c1-12(20-18(25)15-8-5-9-27-15)17(24)21-19(2,11-16(22)23)13-6-4-7-14(10-13)26-3/h4-10,12H,11H2,1-3H3,(H,20,25)(H,21,24)(H,22,23). The Bertz CT molecular complexity index is 817. The zero-order valence-electron chi connectivity index (χ0n) is 15.3. The molecular formula is C19H22N2O6. The molecule has 1 aromatic carbocycles. The number of carboxylic acids is 1. The van der Waals surface area contributed by atoms with Crippen molar-refractivity contribution in [1.82, 2.24) is 10.6 Å². The summed E-state index contributed by atoms with van der Waals surface area (Å²) in [6.07, 6.45) is 1.01. The number of rotatable bonds is 8. The van der Waals surface area contributed by atoms with Gasteiger partial charge < -0.3 is 24.9 Å². The fraction of sp³-hybridized carbons (Fsp3) is 0.316. The molecule has 2 aromatic rings. The molecule has 144 valence electrons. The third kappa shape index (κ3) is 5.10. The molecule has 0 saturated heterocycles. The largest absolute Gasteiger partial charge is 0.497 e. The van der Waals surface area contributed by atoms with Crippen molar-refractivity contribution in [2.75, 3.05) is 7.11 Å². The van der Waals surface area contributed by atoms with Crippen LogP contribution in [0.2, 0.25) is 0 Å². The highest BCUT2D eigenvalue weighted by Crippen LogP contribution is 2.28. The minimum absolute atomic E-state index is 0.0794. The molecule has 0 fully saturated rings. The topological polar surface area (TPSA) is 118 Å². The van der Waals surface area contributed by atoms with Crippen molar-refractivity contribution >= 4 is 17.8 Å². The van der Waals surface area contributed by atoms with Crippen molar-refractivity contribution in [2.24, 2.45) is 0 Å². The quantitative estimate of drug-likeness (QED) is 0.650. The number of hydrogen-bond donors (Lipinski definition) is 3. The molecule has 27 heavy (non-hydrogen) atoms. The molecule has 1 heterocycles. The zero-order chi connectivity index (χ0) is 20.0. The number of methoxy groups -OCH3 is 1. The van der Waals surface area contributed by atoms with Crippen LogP contribution in [-0.4, -0.2) is 36.0 Å². The van der Waals surface area contributed by atoms with Crippen LogP contribution >= 0.6 is 0 Å². The van der Waals surface area contributed by atoms with Crippen LogP contribution in [-0.2, 0) is 15.1 Å². The molecule has 2 unspecified atom stereocenters. The highest BCUT2D eigenvalue weighted by Gasteiger charge is 2.33. The van der Waals surface area contributed by atoms with E-state index in [1.54, 1.807) is 37.3 Å². The van der Waals surface area contributed by atoms with E-state index in [4.69, 9.17) is 9.15 Å². The lowest BCUT2D eigenvalue weighted by atomic mass is 9.88. The summed E-state index contributed by atoms with van der Waals surface area (Å²) in [5, 5.41) is 14.5. The van der Waals surface area contributed by atoms with Crippen molar-refractivity contribution in [2.45, 2.75) is 31.8 Å². The van der Waals surface area contributed by atoms with Crippen LogP contribution < -0.4 is 15.4 Å². The van der Waals surface area contributed by atoms with Crippen molar-refractivity contribution < 1.29 is 28.6 Å². The molecule has 0 bridgehead atoms. The molecule has 1 aromatic heterocycles. The van der Waals surface area contributed by atoms with Gasteiger partial charge in [0.15, 0.2) is 5.76 Å². The Morgan fingerprint density at radius 1 is 1.26 bits per heavy atom. The van der Waals surface area contributed by atoms with Gasteiger partial charge in [0.25, 0.3) is 5.91 Å². The van der Waals surface area contributed by atoms with Gasteiger partial charge in [0.1, 0.15) is 11.8 Å². The summed E-state index contributed by atoms with van der Waals surface area (Å²) in [5.41, 5.74) is -0.622. The van der Waals surface area contributed by atoms with Crippen LogP contribution in [0, 0.1) is 0 Å². The Morgan fingerprint density at radius 3 is 2.59 bits per heavy atom. The number of amides is 2. The maximum absolute atomic E-state index is 12.6. The Balaban J connectivity index is 2.17. The minimum Gasteiger partial charge on any atom is -0.497 e. The number of aliphatic carboxylic acids is 1. The van der Waals surface area contributed by atoms with E-state index in [1.165, 1.54) is 26.4 Å². The van der Waals surface area contributed by atoms with E-state index in [0.29, 0.717) is 11.3 Å². The van der Waals surface area contributed by atoms with Crippen LogP contribution in [0.3, 0.4) is 0 Å². The number of furan rings is 1. The molecule has 2 atom stereocenters. The van der Waals surface area contributed by atoms with E-state index in [1.807, 2.05) is 0 Å².